The Balaban J connectivity index is -0.000000129. The van der Waals surface area contributed by atoms with Gasteiger partial charge in [0.05, 0.1) is 0 Å². The number of nitrogens with two attached hydrogens (primary N) is 1. The minimum absolute atomic E-state index is 0. The monoisotopic (exact) mass is 356 g/mol. The SMILES string of the molecule is C.C.CC.CC.CC(=O)c1ccccc1.Cc1nc(N)nc(Cl)n1. The molecule has 1 heterocycles. The second-order valence-electron chi connectivity index (χ2n) is 3.43. The third-order valence-corrected chi connectivity index (χ3v) is 2.09. The molecule has 0 bridgehead atoms. The maximum atomic E-state index is 10.6. The van der Waals surface area contributed by atoms with Crippen LogP contribution in [0.1, 0.15) is 65.7 Å². The predicted octanol–water partition coefficient (Wildman–Crippen LogP) is 5.63. The number of rotatable bonds is 1. The van der Waals surface area contributed by atoms with E-state index in [-0.39, 0.29) is 31.9 Å². The molecule has 0 unspecified atom stereocenters. The average Bonchev–Trinajstić information content (AvgIpc) is 2.51. The largest absolute Gasteiger partial charge is 0.368 e. The molecule has 0 saturated heterocycles. The second-order valence-corrected chi connectivity index (χ2v) is 3.77. The number of nitrogens with zero attached hydrogens (tertiary/aromatic N) is 3. The van der Waals surface area contributed by atoms with Gasteiger partial charge in [0.15, 0.2) is 5.78 Å². The first-order valence-corrected chi connectivity index (χ1v) is 7.56. The molecule has 0 spiro atoms. The van der Waals surface area contributed by atoms with E-state index in [0.717, 1.165) is 5.56 Å². The van der Waals surface area contributed by atoms with Crippen molar-refractivity contribution in [2.24, 2.45) is 0 Å². The van der Waals surface area contributed by atoms with Gasteiger partial charge in [-0.15, -0.1) is 0 Å². The molecule has 0 aliphatic carbocycles. The summed E-state index contributed by atoms with van der Waals surface area (Å²) in [4.78, 5) is 21.6. The molecular formula is C18H33ClN4O. The number of hydrogen-bond acceptors (Lipinski definition) is 5. The van der Waals surface area contributed by atoms with Gasteiger partial charge in [-0.1, -0.05) is 72.9 Å². The van der Waals surface area contributed by atoms with Gasteiger partial charge >= 0.3 is 0 Å². The zero-order valence-electron chi connectivity index (χ0n) is 14.1. The van der Waals surface area contributed by atoms with Crippen molar-refractivity contribution in [1.29, 1.82) is 0 Å². The quantitative estimate of drug-likeness (QED) is 0.669. The van der Waals surface area contributed by atoms with Crippen molar-refractivity contribution in [3.8, 4) is 0 Å². The summed E-state index contributed by atoms with van der Waals surface area (Å²) in [5, 5.41) is 0.139. The lowest BCUT2D eigenvalue weighted by molar-refractivity contribution is 0.101. The summed E-state index contributed by atoms with van der Waals surface area (Å²) in [6, 6.07) is 9.23. The Labute approximate surface area is 152 Å². The lowest BCUT2D eigenvalue weighted by Crippen LogP contribution is -1.98. The van der Waals surface area contributed by atoms with E-state index in [2.05, 4.69) is 15.0 Å². The summed E-state index contributed by atoms with van der Waals surface area (Å²) in [5.74, 6) is 0.815. The van der Waals surface area contributed by atoms with Crippen LogP contribution < -0.4 is 5.73 Å². The summed E-state index contributed by atoms with van der Waals surface area (Å²) in [5.41, 5.74) is 5.99. The van der Waals surface area contributed by atoms with Gasteiger partial charge in [0.25, 0.3) is 0 Å². The van der Waals surface area contributed by atoms with Crippen LogP contribution in [0.4, 0.5) is 5.95 Å². The van der Waals surface area contributed by atoms with Crippen molar-refractivity contribution in [2.75, 3.05) is 5.73 Å². The Kier molecular flexibility index (Phi) is 23.7. The van der Waals surface area contributed by atoms with Crippen LogP contribution in [-0.2, 0) is 0 Å². The molecule has 1 aromatic heterocycles. The van der Waals surface area contributed by atoms with Crippen molar-refractivity contribution >= 4 is 23.3 Å². The molecule has 1 aromatic carbocycles. The van der Waals surface area contributed by atoms with E-state index in [9.17, 15) is 4.79 Å². The van der Waals surface area contributed by atoms with Crippen molar-refractivity contribution < 1.29 is 4.79 Å². The normalized spacial score (nSPS) is 7.46. The third-order valence-electron chi connectivity index (χ3n) is 1.92. The molecule has 138 valence electrons. The van der Waals surface area contributed by atoms with Crippen LogP contribution in [0.2, 0.25) is 5.28 Å². The first-order valence-electron chi connectivity index (χ1n) is 7.18. The number of carbonyl (C=O) groups excluding carboxylic acids is 1. The molecule has 2 N–H and O–H groups in total. The number of aryl methyl sites for hydroxylation is 1. The van der Waals surface area contributed by atoms with Crippen molar-refractivity contribution in [1.82, 2.24) is 15.0 Å². The predicted molar refractivity (Wildman–Crippen MR) is 107 cm³/mol. The maximum Gasteiger partial charge on any atom is 0.227 e. The highest BCUT2D eigenvalue weighted by atomic mass is 35.5. The number of hydrogen-bond donors (Lipinski definition) is 1. The first-order chi connectivity index (χ1) is 10.5. The van der Waals surface area contributed by atoms with Crippen LogP contribution in [-0.4, -0.2) is 20.7 Å². The van der Waals surface area contributed by atoms with E-state index in [1.54, 1.807) is 13.8 Å². The van der Waals surface area contributed by atoms with Gasteiger partial charge in [-0.2, -0.15) is 9.97 Å². The molecule has 0 atom stereocenters. The van der Waals surface area contributed by atoms with Gasteiger partial charge in [0.1, 0.15) is 5.82 Å². The Morgan fingerprint density at radius 1 is 0.958 bits per heavy atom. The summed E-state index contributed by atoms with van der Waals surface area (Å²) in [6.45, 7) is 11.3. The van der Waals surface area contributed by atoms with Gasteiger partial charge in [-0.3, -0.25) is 4.79 Å². The van der Waals surface area contributed by atoms with Gasteiger partial charge in [0, 0.05) is 5.56 Å². The standard InChI is InChI=1S/C8H8O.C4H5ClN4.2C2H6.2CH4/c1-7(9)8-5-3-2-4-6-8;1-2-7-3(5)9-4(6)8-2;2*1-2;;/h2-6H,1H3;1H3,(H2,6,7,8,9);2*1-2H3;2*1H4. The number of ketones is 1. The lowest BCUT2D eigenvalue weighted by atomic mass is 10.2. The number of benzene rings is 1. The molecule has 0 radical (unpaired) electrons. The Bertz CT molecular complexity index is 483. The van der Waals surface area contributed by atoms with Crippen LogP contribution in [0.25, 0.3) is 0 Å². The topological polar surface area (TPSA) is 81.8 Å². The average molecular weight is 357 g/mol. The van der Waals surface area contributed by atoms with Crippen LogP contribution >= 0.6 is 11.6 Å². The van der Waals surface area contributed by atoms with Crippen LogP contribution in [0.5, 0.6) is 0 Å². The van der Waals surface area contributed by atoms with Crippen LogP contribution in [0, 0.1) is 6.92 Å². The van der Waals surface area contributed by atoms with Crippen LogP contribution in [0.3, 0.4) is 0 Å². The molecule has 0 aliphatic heterocycles. The van der Waals surface area contributed by atoms with Gasteiger partial charge in [-0.25, -0.2) is 4.98 Å². The minimum atomic E-state index is 0. The smallest absolute Gasteiger partial charge is 0.227 e. The zero-order chi connectivity index (χ0) is 17.5. The number of carbonyl (C=O) groups is 1. The highest BCUT2D eigenvalue weighted by Crippen LogP contribution is 2.00. The van der Waals surface area contributed by atoms with Crippen molar-refractivity contribution in [3.63, 3.8) is 0 Å². The molecule has 2 rings (SSSR count). The molecule has 0 amide bonds. The number of nitrogen functional groups attached to an aromatic ring is 1. The number of halogens is 1. The molecule has 0 aliphatic rings. The molecule has 0 saturated carbocycles. The Hall–Kier alpha value is -2.01. The summed E-state index contributed by atoms with van der Waals surface area (Å²) < 4.78 is 0. The summed E-state index contributed by atoms with van der Waals surface area (Å²) in [7, 11) is 0. The molecule has 2 aromatic rings. The van der Waals surface area contributed by atoms with E-state index in [1.807, 2.05) is 58.0 Å². The maximum absolute atomic E-state index is 10.6. The van der Waals surface area contributed by atoms with E-state index >= 15 is 0 Å². The van der Waals surface area contributed by atoms with Gasteiger partial charge < -0.3 is 5.73 Å². The van der Waals surface area contributed by atoms with E-state index in [1.165, 1.54) is 0 Å². The second kappa shape index (κ2) is 19.0. The number of aromatic nitrogens is 3. The van der Waals surface area contributed by atoms with E-state index in [4.69, 9.17) is 17.3 Å². The highest BCUT2D eigenvalue weighted by Gasteiger charge is 1.94. The number of anilines is 1. The van der Waals surface area contributed by atoms with Crippen molar-refractivity contribution in [3.05, 3.63) is 47.0 Å². The summed E-state index contributed by atoms with van der Waals surface area (Å²) >= 11 is 5.41. The fraction of sp³-hybridized carbons (Fsp3) is 0.444. The first kappa shape index (κ1) is 29.9. The third kappa shape index (κ3) is 14.9. The molecule has 5 nitrogen and oxygen atoms in total. The molecular weight excluding hydrogens is 324 g/mol. The van der Waals surface area contributed by atoms with Gasteiger partial charge in [-0.05, 0) is 25.4 Å². The van der Waals surface area contributed by atoms with Crippen molar-refractivity contribution in [2.45, 2.75) is 56.4 Å². The zero-order valence-corrected chi connectivity index (χ0v) is 14.8. The molecule has 6 heteroatoms. The van der Waals surface area contributed by atoms with E-state index in [0.29, 0.717) is 5.82 Å². The Morgan fingerprint density at radius 2 is 1.42 bits per heavy atom. The minimum Gasteiger partial charge on any atom is -0.368 e. The molecule has 24 heavy (non-hydrogen) atoms. The van der Waals surface area contributed by atoms with Gasteiger partial charge in [0.2, 0.25) is 11.2 Å². The Morgan fingerprint density at radius 3 is 1.71 bits per heavy atom. The fourth-order valence-corrected chi connectivity index (χ4v) is 1.35. The fourth-order valence-electron chi connectivity index (χ4n) is 1.14. The highest BCUT2D eigenvalue weighted by molar-refractivity contribution is 6.28. The summed E-state index contributed by atoms with van der Waals surface area (Å²) in [6.07, 6.45) is 0. The van der Waals surface area contributed by atoms with E-state index < -0.39 is 0 Å². The lowest BCUT2D eigenvalue weighted by Gasteiger charge is -1.92. The van der Waals surface area contributed by atoms with Crippen LogP contribution in [0.15, 0.2) is 30.3 Å². The molecule has 0 fully saturated rings. The number of Topliss-reactive ketones (excluding diaryl/α,β-unsaturated/α-hetero) is 1.